The van der Waals surface area contributed by atoms with E-state index in [4.69, 9.17) is 4.74 Å². The third-order valence-corrected chi connectivity index (χ3v) is 8.64. The molecule has 0 bridgehead atoms. The molecule has 0 spiro atoms. The van der Waals surface area contributed by atoms with E-state index in [1.54, 1.807) is 0 Å². The average Bonchev–Trinajstić information content (AvgIpc) is 3.37. The number of carbonyl (C=O) groups excluding carboxylic acids is 1. The van der Waals surface area contributed by atoms with Crippen LogP contribution in [0.5, 0.6) is 5.75 Å². The monoisotopic (exact) mass is 489 g/mol. The first-order valence-electron chi connectivity index (χ1n) is 14.1. The summed E-state index contributed by atoms with van der Waals surface area (Å²) in [5, 5.41) is 0. The third kappa shape index (κ3) is 5.94. The molecule has 3 aliphatic rings. The molecule has 3 heterocycles. The molecule has 1 saturated heterocycles. The molecule has 194 valence electrons. The molecular formula is C31H43N3O2. The van der Waals surface area contributed by atoms with E-state index in [9.17, 15) is 4.79 Å². The number of ketones is 1. The van der Waals surface area contributed by atoms with Gasteiger partial charge in [0.05, 0.1) is 6.61 Å². The van der Waals surface area contributed by atoms with Crippen molar-refractivity contribution in [3.63, 3.8) is 0 Å². The van der Waals surface area contributed by atoms with Crippen molar-refractivity contribution in [2.75, 3.05) is 44.2 Å². The summed E-state index contributed by atoms with van der Waals surface area (Å²) in [4.78, 5) is 22.6. The van der Waals surface area contributed by atoms with Crippen molar-refractivity contribution in [3.8, 4) is 5.75 Å². The second kappa shape index (κ2) is 10.9. The largest absolute Gasteiger partial charge is 0.493 e. The number of fused-ring (bicyclic) bond motifs is 1. The van der Waals surface area contributed by atoms with Crippen LogP contribution in [-0.4, -0.2) is 55.0 Å². The summed E-state index contributed by atoms with van der Waals surface area (Å²) in [6.07, 6.45) is 9.85. The number of hydrogen-bond donors (Lipinski definition) is 0. The van der Waals surface area contributed by atoms with E-state index in [1.165, 1.54) is 49.8 Å². The zero-order valence-electron chi connectivity index (χ0n) is 22.5. The fraction of sp³-hybridized carbons (Fsp3) is 0.613. The van der Waals surface area contributed by atoms with Crippen LogP contribution in [0.1, 0.15) is 80.8 Å². The molecule has 1 aromatic carbocycles. The van der Waals surface area contributed by atoms with E-state index in [2.05, 4.69) is 47.7 Å². The van der Waals surface area contributed by atoms with Gasteiger partial charge < -0.3 is 9.64 Å². The molecule has 0 atom stereocenters. The highest BCUT2D eigenvalue weighted by atomic mass is 16.5. The van der Waals surface area contributed by atoms with Gasteiger partial charge in [-0.05, 0) is 54.7 Å². The summed E-state index contributed by atoms with van der Waals surface area (Å²) < 4.78 is 5.73. The second-order valence-corrected chi connectivity index (χ2v) is 12.2. The summed E-state index contributed by atoms with van der Waals surface area (Å²) in [5.41, 5.74) is 3.59. The number of Topliss-reactive ketones (excluding diaryl/α,β-unsaturated/α-hetero) is 1. The van der Waals surface area contributed by atoms with Crippen molar-refractivity contribution in [2.24, 2.45) is 11.8 Å². The summed E-state index contributed by atoms with van der Waals surface area (Å²) in [5.74, 6) is 3.86. The first kappa shape index (κ1) is 25.3. The van der Waals surface area contributed by atoms with Crippen molar-refractivity contribution in [1.82, 2.24) is 9.88 Å². The van der Waals surface area contributed by atoms with Gasteiger partial charge >= 0.3 is 0 Å². The summed E-state index contributed by atoms with van der Waals surface area (Å²) in [6.45, 7) is 13.0. The number of piperazine rings is 1. The van der Waals surface area contributed by atoms with Crippen LogP contribution in [-0.2, 0) is 11.8 Å². The van der Waals surface area contributed by atoms with Crippen molar-refractivity contribution in [3.05, 3.63) is 53.2 Å². The molecule has 0 radical (unpaired) electrons. The smallest absolute Gasteiger partial charge is 0.163 e. The summed E-state index contributed by atoms with van der Waals surface area (Å²) >= 11 is 0. The third-order valence-electron chi connectivity index (χ3n) is 8.64. The van der Waals surface area contributed by atoms with Gasteiger partial charge in [-0.2, -0.15) is 0 Å². The number of aromatic nitrogens is 1. The molecule has 1 aliphatic carbocycles. The van der Waals surface area contributed by atoms with Gasteiger partial charge in [-0.3, -0.25) is 9.69 Å². The minimum Gasteiger partial charge on any atom is -0.493 e. The molecule has 2 aliphatic heterocycles. The Bertz CT molecular complexity index is 1030. The molecule has 5 heteroatoms. The first-order valence-corrected chi connectivity index (χ1v) is 14.1. The SMILES string of the molecule is CC(C)(C)c1ccc(C(=O)CC2CCC(CCN3CCN(c4nccc5c4CCO5)CC3)CC2)cc1. The Morgan fingerprint density at radius 2 is 1.67 bits per heavy atom. The van der Waals surface area contributed by atoms with Crippen LogP contribution in [0.25, 0.3) is 0 Å². The van der Waals surface area contributed by atoms with E-state index in [-0.39, 0.29) is 5.41 Å². The van der Waals surface area contributed by atoms with Crippen molar-refractivity contribution in [1.29, 1.82) is 0 Å². The molecule has 5 rings (SSSR count). The standard InChI is InChI=1S/C31H43N3O2/c1-31(2,3)26-10-8-25(9-11-26)28(35)22-24-6-4-23(5-7-24)13-16-33-17-19-34(20-18-33)30-27-14-21-36-29(27)12-15-32-30/h8-12,15,23-24H,4-7,13-14,16-22H2,1-3H3. The minimum absolute atomic E-state index is 0.127. The Morgan fingerprint density at radius 1 is 0.972 bits per heavy atom. The fourth-order valence-corrected chi connectivity index (χ4v) is 6.18. The zero-order chi connectivity index (χ0) is 25.1. The molecule has 2 aromatic rings. The maximum atomic E-state index is 12.9. The highest BCUT2D eigenvalue weighted by Crippen LogP contribution is 2.35. The highest BCUT2D eigenvalue weighted by molar-refractivity contribution is 5.96. The Hall–Kier alpha value is -2.40. The molecule has 5 nitrogen and oxygen atoms in total. The average molecular weight is 490 g/mol. The van der Waals surface area contributed by atoms with Crippen molar-refractivity contribution < 1.29 is 9.53 Å². The molecular weight excluding hydrogens is 446 g/mol. The number of benzene rings is 1. The van der Waals surface area contributed by atoms with Crippen LogP contribution in [0.2, 0.25) is 0 Å². The van der Waals surface area contributed by atoms with Gasteiger partial charge in [-0.15, -0.1) is 0 Å². The lowest BCUT2D eigenvalue weighted by molar-refractivity contribution is 0.0940. The van der Waals surface area contributed by atoms with Crippen molar-refractivity contribution in [2.45, 2.75) is 71.1 Å². The van der Waals surface area contributed by atoms with Gasteiger partial charge in [-0.1, -0.05) is 57.9 Å². The van der Waals surface area contributed by atoms with E-state index in [1.807, 2.05) is 24.4 Å². The van der Waals surface area contributed by atoms with Crippen molar-refractivity contribution >= 4 is 11.6 Å². The van der Waals surface area contributed by atoms with Crippen LogP contribution in [0.3, 0.4) is 0 Å². The fourth-order valence-electron chi connectivity index (χ4n) is 6.18. The molecule has 0 amide bonds. The first-order chi connectivity index (χ1) is 17.4. The van der Waals surface area contributed by atoms with E-state index in [0.29, 0.717) is 18.1 Å². The lowest BCUT2D eigenvalue weighted by Gasteiger charge is -2.37. The lowest BCUT2D eigenvalue weighted by Crippen LogP contribution is -2.47. The van der Waals surface area contributed by atoms with E-state index in [0.717, 1.165) is 62.3 Å². The molecule has 1 aromatic heterocycles. The highest BCUT2D eigenvalue weighted by Gasteiger charge is 2.27. The number of pyridine rings is 1. The van der Waals surface area contributed by atoms with Gasteiger partial charge in [0.2, 0.25) is 0 Å². The predicted octanol–water partition coefficient (Wildman–Crippen LogP) is 5.91. The minimum atomic E-state index is 0.127. The Balaban J connectivity index is 1.01. The number of ether oxygens (including phenoxy) is 1. The molecule has 2 fully saturated rings. The van der Waals surface area contributed by atoms with Gasteiger partial charge in [0.1, 0.15) is 11.6 Å². The van der Waals surface area contributed by atoms with Gasteiger partial charge in [0.15, 0.2) is 5.78 Å². The summed E-state index contributed by atoms with van der Waals surface area (Å²) in [6, 6.07) is 10.3. The quantitative estimate of drug-likeness (QED) is 0.453. The van der Waals surface area contributed by atoms with Crippen LogP contribution < -0.4 is 9.64 Å². The number of nitrogens with zero attached hydrogens (tertiary/aromatic N) is 3. The molecule has 1 saturated carbocycles. The topological polar surface area (TPSA) is 45.7 Å². The van der Waals surface area contributed by atoms with Gasteiger partial charge in [-0.25, -0.2) is 4.98 Å². The maximum Gasteiger partial charge on any atom is 0.163 e. The Kier molecular flexibility index (Phi) is 7.66. The number of rotatable bonds is 7. The van der Waals surface area contributed by atoms with Crippen LogP contribution in [0.15, 0.2) is 36.5 Å². The predicted molar refractivity (Wildman–Crippen MR) is 146 cm³/mol. The molecule has 0 unspecified atom stereocenters. The Labute approximate surface area is 217 Å². The van der Waals surface area contributed by atoms with Crippen LogP contribution in [0, 0.1) is 11.8 Å². The molecule has 36 heavy (non-hydrogen) atoms. The number of carbonyl (C=O) groups is 1. The second-order valence-electron chi connectivity index (χ2n) is 12.2. The zero-order valence-corrected chi connectivity index (χ0v) is 22.5. The van der Waals surface area contributed by atoms with Gasteiger partial charge in [0, 0.05) is 56.3 Å². The van der Waals surface area contributed by atoms with E-state index < -0.39 is 0 Å². The maximum absolute atomic E-state index is 12.9. The normalized spacial score (nSPS) is 22.8. The van der Waals surface area contributed by atoms with E-state index >= 15 is 0 Å². The summed E-state index contributed by atoms with van der Waals surface area (Å²) in [7, 11) is 0. The van der Waals surface area contributed by atoms with Crippen LogP contribution >= 0.6 is 0 Å². The Morgan fingerprint density at radius 3 is 2.36 bits per heavy atom. The molecule has 0 N–H and O–H groups in total. The van der Waals surface area contributed by atoms with Crippen LogP contribution in [0.4, 0.5) is 5.82 Å². The number of anilines is 1. The number of hydrogen-bond acceptors (Lipinski definition) is 5. The lowest BCUT2D eigenvalue weighted by atomic mass is 9.78. The van der Waals surface area contributed by atoms with Gasteiger partial charge in [0.25, 0.3) is 0 Å².